The molecule has 1 unspecified atom stereocenters. The minimum absolute atomic E-state index is 0.0520. The van der Waals surface area contributed by atoms with E-state index in [9.17, 15) is 14.4 Å². The molecule has 7 nitrogen and oxygen atoms in total. The largest absolute Gasteiger partial charge is 0.462 e. The van der Waals surface area contributed by atoms with Crippen molar-refractivity contribution in [2.75, 3.05) is 18.5 Å². The van der Waals surface area contributed by atoms with E-state index in [4.69, 9.17) is 27.9 Å². The molecule has 2 aromatic rings. The van der Waals surface area contributed by atoms with Crippen molar-refractivity contribution in [1.82, 2.24) is 4.90 Å². The molecule has 0 bridgehead atoms. The zero-order valence-corrected chi connectivity index (χ0v) is 21.2. The van der Waals surface area contributed by atoms with Crippen LogP contribution >= 0.6 is 35.0 Å². The van der Waals surface area contributed by atoms with Crippen molar-refractivity contribution >= 4 is 69.3 Å². The summed E-state index contributed by atoms with van der Waals surface area (Å²) < 4.78 is 4.97. The summed E-state index contributed by atoms with van der Waals surface area (Å²) in [5.41, 5.74) is 1.41. The number of carbonyl (C=O) groups excluding carboxylic acids is 3. The number of ether oxygens (including phenoxy) is 1. The van der Waals surface area contributed by atoms with Crippen LogP contribution in [0.3, 0.4) is 0 Å². The number of thioether (sulfide) groups is 1. The van der Waals surface area contributed by atoms with Gasteiger partial charge in [0.2, 0.25) is 11.8 Å². The van der Waals surface area contributed by atoms with Crippen LogP contribution in [0.2, 0.25) is 10.0 Å². The van der Waals surface area contributed by atoms with Crippen LogP contribution in [-0.4, -0.2) is 46.3 Å². The van der Waals surface area contributed by atoms with Crippen molar-refractivity contribution in [3.63, 3.8) is 0 Å². The number of hydrogen-bond donors (Lipinski definition) is 1. The lowest BCUT2D eigenvalue weighted by molar-refractivity contribution is -0.129. The van der Waals surface area contributed by atoms with Gasteiger partial charge in [0, 0.05) is 28.7 Å². The summed E-state index contributed by atoms with van der Waals surface area (Å²) in [5.74, 6) is -0.922. The normalized spacial score (nSPS) is 17.1. The summed E-state index contributed by atoms with van der Waals surface area (Å²) in [6.07, 6.45) is 1.78. The number of amidine groups is 1. The predicted octanol–water partition coefficient (Wildman–Crippen LogP) is 5.93. The number of unbranched alkanes of at least 4 members (excludes halogenated alkanes) is 1. The number of hydrogen-bond acceptors (Lipinski definition) is 6. The standard InChI is InChI=1S/C24H25Cl2N3O4S/c1-3-5-10-29-21(30)14-20(34-24(29)28-19-12-16(25)11-17(26)13-19)22(31)27-18-8-6-15(7-9-18)23(32)33-4-2/h6-9,11-13,20H,3-5,10,14H2,1-2H3,(H,27,31). The average molecular weight is 522 g/mol. The summed E-state index contributed by atoms with van der Waals surface area (Å²) in [7, 11) is 0. The van der Waals surface area contributed by atoms with Crippen LogP contribution < -0.4 is 5.32 Å². The van der Waals surface area contributed by atoms with Gasteiger partial charge in [0.1, 0.15) is 5.25 Å². The van der Waals surface area contributed by atoms with E-state index in [0.29, 0.717) is 38.7 Å². The fraction of sp³-hybridized carbons (Fsp3) is 0.333. The van der Waals surface area contributed by atoms with Crippen LogP contribution in [0.4, 0.5) is 11.4 Å². The van der Waals surface area contributed by atoms with Crippen LogP contribution in [0.1, 0.15) is 43.5 Å². The Bertz CT molecular complexity index is 1070. The third kappa shape index (κ3) is 6.98. The number of nitrogens with one attached hydrogen (secondary N) is 1. The molecule has 180 valence electrons. The van der Waals surface area contributed by atoms with Crippen molar-refractivity contribution in [2.24, 2.45) is 4.99 Å². The van der Waals surface area contributed by atoms with E-state index >= 15 is 0 Å². The molecule has 1 N–H and O–H groups in total. The lowest BCUT2D eigenvalue weighted by Gasteiger charge is -2.31. The van der Waals surface area contributed by atoms with E-state index in [1.165, 1.54) is 11.8 Å². The third-order valence-electron chi connectivity index (χ3n) is 4.90. The molecule has 2 amide bonds. The Kier molecular flexibility index (Phi) is 9.38. The number of halogens is 2. The fourth-order valence-electron chi connectivity index (χ4n) is 3.22. The van der Waals surface area contributed by atoms with Gasteiger partial charge in [-0.05, 0) is 55.8 Å². The zero-order valence-electron chi connectivity index (χ0n) is 18.8. The smallest absolute Gasteiger partial charge is 0.338 e. The first kappa shape index (κ1) is 26.1. The van der Waals surface area contributed by atoms with Crippen molar-refractivity contribution in [2.45, 2.75) is 38.4 Å². The van der Waals surface area contributed by atoms with Crippen molar-refractivity contribution < 1.29 is 19.1 Å². The number of carbonyl (C=O) groups is 3. The summed E-state index contributed by atoms with van der Waals surface area (Å²) in [4.78, 5) is 43.9. The molecule has 0 radical (unpaired) electrons. The van der Waals surface area contributed by atoms with Crippen LogP contribution in [0, 0.1) is 0 Å². The molecule has 0 spiro atoms. The second-order valence-electron chi connectivity index (χ2n) is 7.52. The molecular weight excluding hydrogens is 497 g/mol. The second-order valence-corrected chi connectivity index (χ2v) is 9.56. The minimum atomic E-state index is -0.663. The predicted molar refractivity (Wildman–Crippen MR) is 137 cm³/mol. The first-order chi connectivity index (χ1) is 16.3. The SMILES string of the molecule is CCCCN1C(=O)CC(C(=O)Nc2ccc(C(=O)OCC)cc2)SC1=Nc1cc(Cl)cc(Cl)c1. The monoisotopic (exact) mass is 521 g/mol. The Morgan fingerprint density at radius 1 is 1.15 bits per heavy atom. The lowest BCUT2D eigenvalue weighted by atomic mass is 10.2. The number of anilines is 1. The Balaban J connectivity index is 1.78. The number of nitrogens with zero attached hydrogens (tertiary/aromatic N) is 2. The number of aliphatic imine (C=N–C) groups is 1. The van der Waals surface area contributed by atoms with Crippen molar-refractivity contribution in [3.8, 4) is 0 Å². The van der Waals surface area contributed by atoms with E-state index in [-0.39, 0.29) is 24.8 Å². The fourth-order valence-corrected chi connectivity index (χ4v) is 4.86. The minimum Gasteiger partial charge on any atom is -0.462 e. The van der Waals surface area contributed by atoms with Gasteiger partial charge in [-0.3, -0.25) is 14.5 Å². The molecule has 0 aliphatic carbocycles. The van der Waals surface area contributed by atoms with Crippen molar-refractivity contribution in [1.29, 1.82) is 0 Å². The molecular formula is C24H25Cl2N3O4S. The number of amides is 2. The van der Waals surface area contributed by atoms with E-state index in [2.05, 4.69) is 10.3 Å². The van der Waals surface area contributed by atoms with Crippen molar-refractivity contribution in [3.05, 3.63) is 58.1 Å². The van der Waals surface area contributed by atoms with Gasteiger partial charge >= 0.3 is 5.97 Å². The first-order valence-electron chi connectivity index (χ1n) is 10.9. The summed E-state index contributed by atoms with van der Waals surface area (Å²) >= 11 is 13.4. The van der Waals surface area contributed by atoms with Gasteiger partial charge in [0.25, 0.3) is 0 Å². The molecule has 1 heterocycles. The molecule has 34 heavy (non-hydrogen) atoms. The lowest BCUT2D eigenvalue weighted by Crippen LogP contribution is -2.45. The van der Waals surface area contributed by atoms with Crippen LogP contribution in [0.25, 0.3) is 0 Å². The zero-order chi connectivity index (χ0) is 24.7. The highest BCUT2D eigenvalue weighted by Gasteiger charge is 2.35. The van der Waals surface area contributed by atoms with Gasteiger partial charge in [-0.1, -0.05) is 48.3 Å². The van der Waals surface area contributed by atoms with E-state index in [0.717, 1.165) is 12.8 Å². The molecule has 0 aromatic heterocycles. The van der Waals surface area contributed by atoms with Crippen LogP contribution in [0.5, 0.6) is 0 Å². The highest BCUT2D eigenvalue weighted by molar-refractivity contribution is 8.15. The first-order valence-corrected chi connectivity index (χ1v) is 12.5. The van der Waals surface area contributed by atoms with E-state index in [1.807, 2.05) is 6.92 Å². The quantitative estimate of drug-likeness (QED) is 0.434. The topological polar surface area (TPSA) is 88.1 Å². The van der Waals surface area contributed by atoms with E-state index in [1.54, 1.807) is 54.3 Å². The number of benzene rings is 2. The van der Waals surface area contributed by atoms with Crippen LogP contribution in [-0.2, 0) is 14.3 Å². The van der Waals surface area contributed by atoms with Gasteiger partial charge in [-0.15, -0.1) is 0 Å². The maximum atomic E-state index is 13.0. The second kappa shape index (κ2) is 12.2. The van der Waals surface area contributed by atoms with Gasteiger partial charge in [-0.2, -0.15) is 0 Å². The van der Waals surface area contributed by atoms with Gasteiger partial charge in [0.15, 0.2) is 5.17 Å². The Morgan fingerprint density at radius 3 is 2.44 bits per heavy atom. The molecule has 1 aliphatic rings. The van der Waals surface area contributed by atoms with Crippen LogP contribution in [0.15, 0.2) is 47.5 Å². The molecule has 1 atom stereocenters. The Hall–Kier alpha value is -2.55. The third-order valence-corrected chi connectivity index (χ3v) is 6.53. The molecule has 1 fully saturated rings. The Labute approximate surface area is 212 Å². The summed E-state index contributed by atoms with van der Waals surface area (Å²) in [6, 6.07) is 11.3. The molecule has 1 saturated heterocycles. The molecule has 10 heteroatoms. The number of rotatable bonds is 8. The maximum Gasteiger partial charge on any atom is 0.338 e. The van der Waals surface area contributed by atoms with E-state index < -0.39 is 11.2 Å². The molecule has 2 aromatic carbocycles. The summed E-state index contributed by atoms with van der Waals surface area (Å²) in [6.45, 7) is 4.57. The number of esters is 1. The molecule has 0 saturated carbocycles. The average Bonchev–Trinajstić information content (AvgIpc) is 2.78. The summed E-state index contributed by atoms with van der Waals surface area (Å²) in [5, 5.41) is 3.44. The van der Waals surface area contributed by atoms with Gasteiger partial charge in [-0.25, -0.2) is 9.79 Å². The highest BCUT2D eigenvalue weighted by atomic mass is 35.5. The van der Waals surface area contributed by atoms with Gasteiger partial charge < -0.3 is 10.1 Å². The van der Waals surface area contributed by atoms with Gasteiger partial charge in [0.05, 0.1) is 17.9 Å². The maximum absolute atomic E-state index is 13.0. The molecule has 1 aliphatic heterocycles. The Morgan fingerprint density at radius 2 is 1.82 bits per heavy atom. The molecule has 3 rings (SSSR count). The highest BCUT2D eigenvalue weighted by Crippen LogP contribution is 2.32.